The Hall–Kier alpha value is -1.82. The van der Waals surface area contributed by atoms with Crippen molar-refractivity contribution < 1.29 is 17.9 Å². The SMILES string of the molecule is COC(=O)c1cc2ccccc2n1[SH](=O)=O. The van der Waals surface area contributed by atoms with E-state index in [9.17, 15) is 13.2 Å². The number of hydrogen-bond acceptors (Lipinski definition) is 4. The first-order chi connectivity index (χ1) is 7.65. The monoisotopic (exact) mass is 239 g/mol. The zero-order chi connectivity index (χ0) is 11.7. The van der Waals surface area contributed by atoms with Crippen LogP contribution in [0.3, 0.4) is 0 Å². The molecule has 0 unspecified atom stereocenters. The summed E-state index contributed by atoms with van der Waals surface area (Å²) in [7, 11) is -1.69. The van der Waals surface area contributed by atoms with E-state index in [2.05, 4.69) is 4.74 Å². The summed E-state index contributed by atoms with van der Waals surface area (Å²) in [6.45, 7) is 0. The molecule has 0 radical (unpaired) electrons. The van der Waals surface area contributed by atoms with Gasteiger partial charge in [-0.3, -0.25) is 0 Å². The van der Waals surface area contributed by atoms with E-state index < -0.39 is 16.9 Å². The van der Waals surface area contributed by atoms with E-state index in [-0.39, 0.29) is 5.69 Å². The summed E-state index contributed by atoms with van der Waals surface area (Å²) in [6, 6.07) is 8.33. The van der Waals surface area contributed by atoms with Gasteiger partial charge >= 0.3 is 5.97 Å². The van der Waals surface area contributed by atoms with Crippen LogP contribution in [0.15, 0.2) is 30.3 Å². The minimum atomic E-state index is -2.90. The van der Waals surface area contributed by atoms with Gasteiger partial charge < -0.3 is 4.74 Å². The standard InChI is InChI=1S/C10H9NO4S/c1-15-10(12)9-6-7-4-2-3-5-8(7)11(9)16(13)14/h2-6,16H,1H3. The van der Waals surface area contributed by atoms with Crippen molar-refractivity contribution in [3.05, 3.63) is 36.0 Å². The van der Waals surface area contributed by atoms with Crippen LogP contribution in [0.25, 0.3) is 10.9 Å². The summed E-state index contributed by atoms with van der Waals surface area (Å²) in [6.07, 6.45) is 0. The third-order valence-electron chi connectivity index (χ3n) is 2.24. The van der Waals surface area contributed by atoms with Gasteiger partial charge in [0.25, 0.3) is 0 Å². The lowest BCUT2D eigenvalue weighted by molar-refractivity contribution is 0.0593. The number of hydrogen-bond donors (Lipinski definition) is 1. The van der Waals surface area contributed by atoms with Gasteiger partial charge in [-0.05, 0) is 12.1 Å². The maximum Gasteiger partial charge on any atom is 0.355 e. The van der Waals surface area contributed by atoms with Gasteiger partial charge in [0.15, 0.2) is 0 Å². The van der Waals surface area contributed by atoms with Crippen molar-refractivity contribution in [2.75, 3.05) is 7.11 Å². The third kappa shape index (κ3) is 1.57. The molecule has 0 aliphatic heterocycles. The van der Waals surface area contributed by atoms with Gasteiger partial charge in [0.05, 0.1) is 12.6 Å². The van der Waals surface area contributed by atoms with Crippen molar-refractivity contribution in [3.63, 3.8) is 0 Å². The molecule has 0 atom stereocenters. The van der Waals surface area contributed by atoms with Gasteiger partial charge in [0.1, 0.15) is 5.69 Å². The van der Waals surface area contributed by atoms with Gasteiger partial charge in [-0.2, -0.15) is 0 Å². The molecule has 0 fully saturated rings. The molecule has 2 rings (SSSR count). The van der Waals surface area contributed by atoms with E-state index in [1.54, 1.807) is 24.3 Å². The van der Waals surface area contributed by atoms with E-state index in [0.29, 0.717) is 10.9 Å². The number of methoxy groups -OCH3 is 1. The number of aromatic nitrogens is 1. The Morgan fingerprint density at radius 3 is 2.62 bits per heavy atom. The number of nitrogens with zero attached hydrogens (tertiary/aromatic N) is 1. The van der Waals surface area contributed by atoms with Crippen LogP contribution in [0.2, 0.25) is 0 Å². The number of fused-ring (bicyclic) bond motifs is 1. The number of benzene rings is 1. The van der Waals surface area contributed by atoms with Crippen molar-refractivity contribution in [3.8, 4) is 0 Å². The molecule has 0 bridgehead atoms. The Bertz CT molecular complexity index is 619. The van der Waals surface area contributed by atoms with Gasteiger partial charge in [-0.1, -0.05) is 18.2 Å². The topological polar surface area (TPSA) is 65.4 Å². The fourth-order valence-corrected chi connectivity index (χ4v) is 2.24. The largest absolute Gasteiger partial charge is 0.464 e. The Morgan fingerprint density at radius 2 is 2.00 bits per heavy atom. The first kappa shape index (κ1) is 10.7. The maximum atomic E-state index is 11.4. The Balaban J connectivity index is 2.83. The van der Waals surface area contributed by atoms with E-state index in [1.165, 1.54) is 13.2 Å². The average molecular weight is 239 g/mol. The summed E-state index contributed by atoms with van der Waals surface area (Å²) >= 11 is 0. The minimum Gasteiger partial charge on any atom is -0.464 e. The summed E-state index contributed by atoms with van der Waals surface area (Å²) < 4.78 is 27.7. The Morgan fingerprint density at radius 1 is 1.31 bits per heavy atom. The van der Waals surface area contributed by atoms with Crippen LogP contribution < -0.4 is 0 Å². The van der Waals surface area contributed by atoms with E-state index in [4.69, 9.17) is 0 Å². The molecular weight excluding hydrogens is 230 g/mol. The van der Waals surface area contributed by atoms with Crippen molar-refractivity contribution in [2.24, 2.45) is 0 Å². The van der Waals surface area contributed by atoms with E-state index in [1.807, 2.05) is 0 Å². The number of esters is 1. The highest BCUT2D eigenvalue weighted by molar-refractivity contribution is 7.71. The highest BCUT2D eigenvalue weighted by Crippen LogP contribution is 2.19. The predicted octanol–water partition coefficient (Wildman–Crippen LogP) is 0.802. The first-order valence-corrected chi connectivity index (χ1v) is 5.61. The molecule has 6 heteroatoms. The second kappa shape index (κ2) is 3.97. The number of thiol groups is 1. The number of carbonyl (C=O) groups is 1. The second-order valence-electron chi connectivity index (χ2n) is 3.13. The number of ether oxygens (including phenoxy) is 1. The van der Waals surface area contributed by atoms with Gasteiger partial charge in [-0.25, -0.2) is 17.2 Å². The lowest BCUT2D eigenvalue weighted by Crippen LogP contribution is -2.09. The Labute approximate surface area is 93.3 Å². The van der Waals surface area contributed by atoms with Gasteiger partial charge in [0.2, 0.25) is 10.9 Å². The molecular formula is C10H9NO4S. The van der Waals surface area contributed by atoms with Crippen LogP contribution in [0, 0.1) is 0 Å². The third-order valence-corrected chi connectivity index (χ3v) is 3.00. The molecule has 2 aromatic rings. The molecule has 0 aliphatic rings. The summed E-state index contributed by atoms with van der Waals surface area (Å²) in [5.74, 6) is -0.671. The van der Waals surface area contributed by atoms with Crippen LogP contribution >= 0.6 is 0 Å². The lowest BCUT2D eigenvalue weighted by atomic mass is 10.2. The predicted molar refractivity (Wildman–Crippen MR) is 59.0 cm³/mol. The van der Waals surface area contributed by atoms with Crippen molar-refractivity contribution >= 4 is 27.8 Å². The summed E-state index contributed by atoms with van der Waals surface area (Å²) in [5.41, 5.74) is 0.485. The van der Waals surface area contributed by atoms with Crippen LogP contribution in [0.1, 0.15) is 10.5 Å². The molecule has 5 nitrogen and oxygen atoms in total. The first-order valence-electron chi connectivity index (χ1n) is 4.48. The molecule has 1 heterocycles. The molecule has 0 amide bonds. The molecule has 0 saturated carbocycles. The smallest absolute Gasteiger partial charge is 0.355 e. The van der Waals surface area contributed by atoms with Crippen LogP contribution in [0.4, 0.5) is 0 Å². The second-order valence-corrected chi connectivity index (χ2v) is 4.01. The molecule has 16 heavy (non-hydrogen) atoms. The van der Waals surface area contributed by atoms with Crippen LogP contribution in [-0.4, -0.2) is 25.5 Å². The number of para-hydroxylation sites is 1. The fourth-order valence-electron chi connectivity index (χ4n) is 1.57. The van der Waals surface area contributed by atoms with Crippen LogP contribution in [-0.2, 0) is 15.6 Å². The van der Waals surface area contributed by atoms with Crippen molar-refractivity contribution in [1.82, 2.24) is 3.97 Å². The quantitative estimate of drug-likeness (QED) is 0.622. The summed E-state index contributed by atoms with van der Waals surface area (Å²) in [5, 5.41) is 0.683. The molecule has 0 aliphatic carbocycles. The molecule has 0 saturated heterocycles. The molecule has 1 aromatic heterocycles. The minimum absolute atomic E-state index is 0.0137. The lowest BCUT2D eigenvalue weighted by Gasteiger charge is -2.00. The zero-order valence-electron chi connectivity index (χ0n) is 8.41. The fraction of sp³-hybridized carbons (Fsp3) is 0.100. The Kier molecular flexibility index (Phi) is 2.66. The normalized spacial score (nSPS) is 10.9. The molecule has 0 spiro atoms. The van der Waals surface area contributed by atoms with Crippen LogP contribution in [0.5, 0.6) is 0 Å². The highest BCUT2D eigenvalue weighted by atomic mass is 32.2. The number of rotatable bonds is 2. The van der Waals surface area contributed by atoms with Crippen molar-refractivity contribution in [1.29, 1.82) is 0 Å². The summed E-state index contributed by atoms with van der Waals surface area (Å²) in [4.78, 5) is 11.4. The molecule has 1 aromatic carbocycles. The van der Waals surface area contributed by atoms with E-state index in [0.717, 1.165) is 3.97 Å². The van der Waals surface area contributed by atoms with Crippen molar-refractivity contribution in [2.45, 2.75) is 0 Å². The molecule has 84 valence electrons. The van der Waals surface area contributed by atoms with Gasteiger partial charge in [-0.15, -0.1) is 0 Å². The van der Waals surface area contributed by atoms with E-state index >= 15 is 0 Å². The van der Waals surface area contributed by atoms with Gasteiger partial charge in [0, 0.05) is 5.39 Å². The average Bonchev–Trinajstić information content (AvgIpc) is 2.67. The maximum absolute atomic E-state index is 11.4. The molecule has 0 N–H and O–H groups in total. The zero-order valence-corrected chi connectivity index (χ0v) is 9.31. The number of carbonyl (C=O) groups excluding carboxylic acids is 1. The highest BCUT2D eigenvalue weighted by Gasteiger charge is 2.16.